The number of rotatable bonds is 20. The Kier molecular flexibility index (Phi) is 15.4. The number of nitrogen functional groups attached to an aromatic ring is 3. The van der Waals surface area contributed by atoms with Crippen LogP contribution >= 0.6 is 31.3 Å². The number of methoxy groups -OCH3 is 2. The van der Waals surface area contributed by atoms with E-state index in [9.17, 15) is 67.5 Å². The van der Waals surface area contributed by atoms with Crippen molar-refractivity contribution in [2.75, 3.05) is 51.2 Å². The molecule has 3 aliphatic heterocycles. The number of aliphatic hydroxyl groups excluding tert-OH is 3. The Labute approximate surface area is 425 Å². The van der Waals surface area contributed by atoms with E-state index in [0.717, 1.165) is 36.0 Å². The van der Waals surface area contributed by atoms with Crippen LogP contribution in [-0.2, 0) is 75.7 Å². The number of aromatic nitrogens is 12. The summed E-state index contributed by atoms with van der Waals surface area (Å²) in [5.41, 5.74) is 13.9. The molecule has 44 heteroatoms. The SMILES string of the molecule is CO[C@@H]1[C@H](OP(=O)(O)OC[C@H]2O[C@@H](n3cnc4c(=O)[nH]c(N)nc43)[C@H](O)[C@@H]2O)[C@@H](COP(=O)(O)OP(=O)(O)OP(=O)(O)OC[C@H]2O[C@@H]([n+]3cn(C)c4c(=O)[nH]c(N)nc43)[C@H](O)[C@@H]2OC)O[C@H]1n1cnc2c(=O)[nH]c(N)nc21. The number of nitrogens with one attached hydrogen (secondary N) is 3. The molecule has 3 saturated heterocycles. The lowest BCUT2D eigenvalue weighted by molar-refractivity contribution is -0.745. The Bertz CT molecular complexity index is 3610. The van der Waals surface area contributed by atoms with Crippen molar-refractivity contribution in [3.05, 3.63) is 50.0 Å². The topological polar surface area (TPSA) is 571 Å². The Balaban J connectivity index is 0.875. The molecule has 3 fully saturated rings. The number of aryl methyl sites for hydroxylation is 1. The molecule has 0 saturated carbocycles. The third-order valence-electron chi connectivity index (χ3n) is 11.9. The van der Waals surface area contributed by atoms with Crippen molar-refractivity contribution in [3.63, 3.8) is 0 Å². The number of anilines is 3. The van der Waals surface area contributed by atoms with Crippen molar-refractivity contribution < 1.29 is 108 Å². The molecule has 0 bridgehead atoms. The zero-order chi connectivity index (χ0) is 55.8. The normalized spacial score (nSPS) is 30.0. The molecule has 16 N–H and O–H groups in total. The predicted molar refractivity (Wildman–Crippen MR) is 247 cm³/mol. The molecule has 0 aliphatic carbocycles. The first-order chi connectivity index (χ1) is 36.1. The summed E-state index contributed by atoms with van der Waals surface area (Å²) in [4.78, 5) is 107. The molecule has 0 aromatic carbocycles. The molecule has 0 spiro atoms. The van der Waals surface area contributed by atoms with Crippen LogP contribution in [0.2, 0.25) is 0 Å². The van der Waals surface area contributed by atoms with E-state index in [1.54, 1.807) is 0 Å². The molecular formula is C33H46N15O25P4+. The molecule has 9 rings (SSSR count). The molecule has 40 nitrogen and oxygen atoms in total. The summed E-state index contributed by atoms with van der Waals surface area (Å²) >= 11 is 0. The van der Waals surface area contributed by atoms with E-state index < -0.39 is 147 Å². The minimum atomic E-state index is -6.21. The third-order valence-corrected chi connectivity index (χ3v) is 17.1. The number of aromatic amines is 3. The molecule has 0 amide bonds. The lowest BCUT2D eigenvalue weighted by Gasteiger charge is -2.26. The fraction of sp³-hybridized carbons (Fsp3) is 0.545. The van der Waals surface area contributed by atoms with Crippen LogP contribution in [0.25, 0.3) is 33.5 Å². The number of nitrogens with zero attached hydrogens (tertiary/aromatic N) is 9. The quantitative estimate of drug-likeness (QED) is 0.0252. The number of H-pyrrole nitrogens is 3. The lowest BCUT2D eigenvalue weighted by Crippen LogP contribution is -2.46. The van der Waals surface area contributed by atoms with Crippen LogP contribution in [0.3, 0.4) is 0 Å². The summed E-state index contributed by atoms with van der Waals surface area (Å²) in [6.45, 7) is -3.35. The van der Waals surface area contributed by atoms with Crippen molar-refractivity contribution in [1.82, 2.24) is 53.6 Å². The fourth-order valence-electron chi connectivity index (χ4n) is 8.64. The Morgan fingerprint density at radius 2 is 1.10 bits per heavy atom. The van der Waals surface area contributed by atoms with Crippen LogP contribution in [0.1, 0.15) is 18.7 Å². The summed E-state index contributed by atoms with van der Waals surface area (Å²) in [6.07, 6.45) is -16.3. The summed E-state index contributed by atoms with van der Waals surface area (Å²) in [7, 11) is -19.9. The number of fused-ring (bicyclic) bond motifs is 3. The van der Waals surface area contributed by atoms with Gasteiger partial charge in [-0.2, -0.15) is 18.6 Å². The van der Waals surface area contributed by atoms with Crippen LogP contribution in [0, 0.1) is 0 Å². The van der Waals surface area contributed by atoms with Crippen LogP contribution in [-0.4, -0.2) is 177 Å². The van der Waals surface area contributed by atoms with Crippen molar-refractivity contribution in [2.45, 2.75) is 73.6 Å². The molecule has 6 aromatic heterocycles. The summed E-state index contributed by atoms with van der Waals surface area (Å²) < 4.78 is 115. The Morgan fingerprint density at radius 1 is 0.623 bits per heavy atom. The first-order valence-electron chi connectivity index (χ1n) is 21.7. The van der Waals surface area contributed by atoms with E-state index in [1.165, 1.54) is 22.5 Å². The van der Waals surface area contributed by atoms with Crippen molar-refractivity contribution in [3.8, 4) is 0 Å². The van der Waals surface area contributed by atoms with Gasteiger partial charge in [-0.25, -0.2) is 32.8 Å². The second-order valence-electron chi connectivity index (χ2n) is 16.9. The number of aliphatic hydroxyl groups is 3. The molecule has 3 aliphatic rings. The van der Waals surface area contributed by atoms with Gasteiger partial charge in [0, 0.05) is 14.2 Å². The van der Waals surface area contributed by atoms with Gasteiger partial charge in [0.15, 0.2) is 41.1 Å². The van der Waals surface area contributed by atoms with Gasteiger partial charge in [-0.3, -0.25) is 61.1 Å². The fourth-order valence-corrected chi connectivity index (χ4v) is 13.1. The maximum absolute atomic E-state index is 13.7. The highest BCUT2D eigenvalue weighted by molar-refractivity contribution is 7.66. The summed E-state index contributed by atoms with van der Waals surface area (Å²) in [5, 5.41) is 32.8. The number of hydrogen-bond donors (Lipinski definition) is 13. The first-order valence-corrected chi connectivity index (χ1v) is 27.7. The van der Waals surface area contributed by atoms with Gasteiger partial charge in [-0.15, -0.1) is 0 Å². The molecule has 422 valence electrons. The highest BCUT2D eigenvalue weighted by Gasteiger charge is 2.54. The zero-order valence-corrected chi connectivity index (χ0v) is 42.9. The van der Waals surface area contributed by atoms with E-state index in [1.807, 2.05) is 0 Å². The van der Waals surface area contributed by atoms with E-state index in [-0.39, 0.29) is 45.4 Å². The minimum absolute atomic E-state index is 0.0132. The van der Waals surface area contributed by atoms with Crippen molar-refractivity contribution in [1.29, 1.82) is 0 Å². The van der Waals surface area contributed by atoms with Gasteiger partial charge in [0.1, 0.15) is 54.9 Å². The number of phosphoric ester groups is 3. The van der Waals surface area contributed by atoms with Crippen molar-refractivity contribution >= 4 is 82.6 Å². The molecule has 4 unspecified atom stereocenters. The second kappa shape index (κ2) is 21.0. The van der Waals surface area contributed by atoms with E-state index in [2.05, 4.69) is 48.5 Å². The van der Waals surface area contributed by atoms with Crippen LogP contribution < -0.4 is 38.4 Å². The van der Waals surface area contributed by atoms with Gasteiger partial charge in [0.25, 0.3) is 22.6 Å². The van der Waals surface area contributed by atoms with Crippen LogP contribution in [0.4, 0.5) is 17.8 Å². The number of ether oxygens (including phenoxy) is 5. The van der Waals surface area contributed by atoms with Gasteiger partial charge >= 0.3 is 36.9 Å². The number of nitrogens with two attached hydrogens (primary N) is 3. The molecule has 77 heavy (non-hydrogen) atoms. The van der Waals surface area contributed by atoms with Crippen molar-refractivity contribution in [2.24, 2.45) is 7.05 Å². The maximum Gasteiger partial charge on any atom is 0.490 e. The van der Waals surface area contributed by atoms with E-state index in [4.69, 9.17) is 59.0 Å². The van der Waals surface area contributed by atoms with Gasteiger partial charge in [-0.05, 0) is 0 Å². The summed E-state index contributed by atoms with van der Waals surface area (Å²) in [5.74, 6) is -1.01. The molecule has 16 atom stereocenters. The van der Waals surface area contributed by atoms with Crippen LogP contribution in [0.15, 0.2) is 33.4 Å². The van der Waals surface area contributed by atoms with Gasteiger partial charge in [0.2, 0.25) is 23.6 Å². The van der Waals surface area contributed by atoms with Crippen LogP contribution in [0.5, 0.6) is 0 Å². The smallest absolute Gasteiger partial charge is 0.387 e. The standard InChI is InChI=1S/C33H45N15O25P4/c1-45-9-48(24-15(45)27(54)44-33(36)41-24)29-18(51)19(63-2)11(69-29)5-66-75(57,58)72-77(61,62)73-76(59,60)67-6-12-20(21(64-3)30(70-12)47-8-38-14-23(47)40-32(35)43-26(14)53)71-74(55,56)65-4-10-16(49)17(50)28(68-10)46-7-37-13-22(46)39-31(34)42-25(13)52/h7-12,16-21,28-30,49-51H,4-6H2,1-3H3,(H12-,34,35,36,39,40,41,42,43,44,52,53,54,55,56,57,58,59,60,61,62)/p+1/t10-,11-,12-,16-,17-,18-,19-,20-,21-,28-,29-,30-/m1/s1. The Hall–Kier alpha value is -5.35. The van der Waals surface area contributed by atoms with E-state index >= 15 is 0 Å². The summed E-state index contributed by atoms with van der Waals surface area (Å²) in [6, 6.07) is 0. The average molecular weight is 1180 g/mol. The average Bonchev–Trinajstić information content (AvgIpc) is 4.18. The predicted octanol–water partition coefficient (Wildman–Crippen LogP) is -4.76. The number of phosphoric acid groups is 4. The third kappa shape index (κ3) is 11.3. The molecule has 6 aromatic rings. The molecule has 9 heterocycles. The van der Waals surface area contributed by atoms with E-state index in [0.29, 0.717) is 0 Å². The Morgan fingerprint density at radius 3 is 1.66 bits per heavy atom. The van der Waals surface area contributed by atoms with Gasteiger partial charge < -0.3 is 75.8 Å². The highest BCUT2D eigenvalue weighted by Crippen LogP contribution is 2.68. The first kappa shape index (κ1) is 56.4. The zero-order valence-electron chi connectivity index (χ0n) is 39.3. The highest BCUT2D eigenvalue weighted by atomic mass is 31.3. The minimum Gasteiger partial charge on any atom is -0.387 e. The molecular weight excluding hydrogens is 1130 g/mol. The second-order valence-corrected chi connectivity index (χ2v) is 22.9. The van der Waals surface area contributed by atoms with Gasteiger partial charge in [-0.1, -0.05) is 4.98 Å². The van der Waals surface area contributed by atoms with Gasteiger partial charge in [0.05, 0.1) is 39.5 Å². The molecule has 0 radical (unpaired) electrons. The monoisotopic (exact) mass is 1180 g/mol. The lowest BCUT2D eigenvalue weighted by atomic mass is 10.1. The number of imidazole rings is 3. The maximum atomic E-state index is 13.7. The largest absolute Gasteiger partial charge is 0.490 e. The number of hydrogen-bond acceptors (Lipinski definition) is 29.